The van der Waals surface area contributed by atoms with Crippen LogP contribution in [0.25, 0.3) is 0 Å². The average Bonchev–Trinajstić information content (AvgIpc) is 2.65. The van der Waals surface area contributed by atoms with Crippen LogP contribution in [0.4, 0.5) is 18.9 Å². The van der Waals surface area contributed by atoms with E-state index in [1.807, 2.05) is 6.92 Å². The van der Waals surface area contributed by atoms with E-state index < -0.39 is 27.7 Å². The van der Waals surface area contributed by atoms with E-state index in [2.05, 4.69) is 10.0 Å². The number of hydrogen-bond donors (Lipinski definition) is 2. The minimum Gasteiger partial charge on any atom is -0.491 e. The number of sulfonamides is 1. The van der Waals surface area contributed by atoms with Gasteiger partial charge in [-0.1, -0.05) is 6.92 Å². The minimum absolute atomic E-state index is 0.0289. The molecule has 0 aliphatic carbocycles. The van der Waals surface area contributed by atoms with Gasteiger partial charge < -0.3 is 10.1 Å². The summed E-state index contributed by atoms with van der Waals surface area (Å²) in [6.45, 7) is 5.45. The number of ether oxygens (including phenoxy) is 1. The fraction of sp³-hybridized carbons (Fsp3) is 0.350. The maximum atomic E-state index is 13.0. The molecule has 10 heteroatoms. The maximum absolute atomic E-state index is 13.0. The number of rotatable bonds is 8. The third kappa shape index (κ3) is 6.20. The molecule has 1 amide bonds. The maximum Gasteiger partial charge on any atom is 0.416 e. The van der Waals surface area contributed by atoms with Crippen molar-refractivity contribution in [3.63, 3.8) is 0 Å². The molecule has 0 saturated carbocycles. The van der Waals surface area contributed by atoms with Crippen LogP contribution in [0, 0.1) is 0 Å². The summed E-state index contributed by atoms with van der Waals surface area (Å²) in [7, 11) is -3.73. The molecule has 0 aliphatic rings. The van der Waals surface area contributed by atoms with Crippen LogP contribution < -0.4 is 14.8 Å². The Hall–Kier alpha value is -2.59. The van der Waals surface area contributed by atoms with Crippen LogP contribution in [-0.2, 0) is 16.2 Å². The van der Waals surface area contributed by atoms with Gasteiger partial charge in [-0.05, 0) is 62.7 Å². The number of carbonyl (C=O) groups is 1. The van der Waals surface area contributed by atoms with E-state index in [0.717, 1.165) is 18.2 Å². The Balaban J connectivity index is 2.28. The predicted octanol–water partition coefficient (Wildman–Crippen LogP) is 4.43. The lowest BCUT2D eigenvalue weighted by atomic mass is 10.1. The molecule has 6 nitrogen and oxygen atoms in total. The topological polar surface area (TPSA) is 84.5 Å². The molecule has 2 aromatic carbocycles. The van der Waals surface area contributed by atoms with Crippen molar-refractivity contribution < 1.29 is 31.1 Å². The van der Waals surface area contributed by atoms with Gasteiger partial charge in [0.2, 0.25) is 10.0 Å². The number of nitrogens with one attached hydrogen (secondary N) is 2. The molecule has 0 bridgehead atoms. The Morgan fingerprint density at radius 1 is 1.10 bits per heavy atom. The van der Waals surface area contributed by atoms with Crippen molar-refractivity contribution in [1.29, 1.82) is 0 Å². The van der Waals surface area contributed by atoms with Crippen molar-refractivity contribution >= 4 is 21.6 Å². The van der Waals surface area contributed by atoms with E-state index in [0.29, 0.717) is 6.42 Å². The van der Waals surface area contributed by atoms with Gasteiger partial charge in [0, 0.05) is 11.6 Å². The zero-order chi connectivity index (χ0) is 22.5. The molecule has 0 radical (unpaired) electrons. The SMILES string of the molecule is CCCOc1ccc(C(F)(F)F)cc1NC(=O)c1ccc(S(=O)(=O)NC(C)C)cc1. The van der Waals surface area contributed by atoms with Gasteiger partial charge in [0.1, 0.15) is 5.75 Å². The van der Waals surface area contributed by atoms with Gasteiger partial charge in [-0.3, -0.25) is 4.79 Å². The number of hydrogen-bond acceptors (Lipinski definition) is 4. The third-order valence-electron chi connectivity index (χ3n) is 3.83. The molecule has 0 spiro atoms. The van der Waals surface area contributed by atoms with E-state index in [4.69, 9.17) is 4.74 Å². The predicted molar refractivity (Wildman–Crippen MR) is 107 cm³/mol. The second-order valence-electron chi connectivity index (χ2n) is 6.81. The molecular weight excluding hydrogens is 421 g/mol. The summed E-state index contributed by atoms with van der Waals surface area (Å²) < 4.78 is 71.3. The van der Waals surface area contributed by atoms with Gasteiger partial charge in [-0.15, -0.1) is 0 Å². The Kier molecular flexibility index (Phi) is 7.49. The highest BCUT2D eigenvalue weighted by atomic mass is 32.2. The van der Waals surface area contributed by atoms with Crippen molar-refractivity contribution in [3.05, 3.63) is 53.6 Å². The van der Waals surface area contributed by atoms with Crippen LogP contribution in [0.15, 0.2) is 47.4 Å². The van der Waals surface area contributed by atoms with Gasteiger partial charge in [0.15, 0.2) is 0 Å². The van der Waals surface area contributed by atoms with E-state index in [-0.39, 0.29) is 34.5 Å². The van der Waals surface area contributed by atoms with E-state index >= 15 is 0 Å². The molecule has 2 N–H and O–H groups in total. The Morgan fingerprint density at radius 3 is 2.27 bits per heavy atom. The molecule has 0 unspecified atom stereocenters. The van der Waals surface area contributed by atoms with E-state index in [9.17, 15) is 26.4 Å². The number of amides is 1. The first kappa shape index (κ1) is 23.7. The molecule has 30 heavy (non-hydrogen) atoms. The highest BCUT2D eigenvalue weighted by molar-refractivity contribution is 7.89. The minimum atomic E-state index is -4.58. The van der Waals surface area contributed by atoms with E-state index in [1.165, 1.54) is 24.3 Å². The lowest BCUT2D eigenvalue weighted by Gasteiger charge is -2.15. The number of carbonyl (C=O) groups excluding carboxylic acids is 1. The van der Waals surface area contributed by atoms with Crippen molar-refractivity contribution in [1.82, 2.24) is 4.72 Å². The van der Waals surface area contributed by atoms with Gasteiger partial charge in [0.25, 0.3) is 5.91 Å². The Labute approximate surface area is 173 Å². The van der Waals surface area contributed by atoms with Crippen LogP contribution in [0.3, 0.4) is 0 Å². The van der Waals surface area contributed by atoms with Gasteiger partial charge in [0.05, 0.1) is 22.8 Å². The largest absolute Gasteiger partial charge is 0.491 e. The summed E-state index contributed by atoms with van der Waals surface area (Å²) in [4.78, 5) is 12.5. The van der Waals surface area contributed by atoms with Crippen LogP contribution in [0.2, 0.25) is 0 Å². The average molecular weight is 444 g/mol. The molecule has 0 heterocycles. The summed E-state index contributed by atoms with van der Waals surface area (Å²) >= 11 is 0. The van der Waals surface area contributed by atoms with Crippen molar-refractivity contribution in [2.45, 2.75) is 44.3 Å². The van der Waals surface area contributed by atoms with Crippen molar-refractivity contribution in [2.24, 2.45) is 0 Å². The van der Waals surface area contributed by atoms with Crippen LogP contribution in [0.1, 0.15) is 43.1 Å². The Morgan fingerprint density at radius 2 is 1.73 bits per heavy atom. The lowest BCUT2D eigenvalue weighted by molar-refractivity contribution is -0.137. The second-order valence-corrected chi connectivity index (χ2v) is 8.53. The number of alkyl halides is 3. The summed E-state index contributed by atoms with van der Waals surface area (Å²) in [6.07, 6.45) is -3.95. The summed E-state index contributed by atoms with van der Waals surface area (Å²) in [6, 6.07) is 7.59. The molecule has 164 valence electrons. The summed E-state index contributed by atoms with van der Waals surface area (Å²) in [5.41, 5.74) is -0.971. The van der Waals surface area contributed by atoms with Crippen LogP contribution >= 0.6 is 0 Å². The molecule has 2 rings (SSSR count). The second kappa shape index (κ2) is 9.48. The van der Waals surface area contributed by atoms with Crippen molar-refractivity contribution in [3.8, 4) is 5.75 Å². The van der Waals surface area contributed by atoms with Gasteiger partial charge in [-0.25, -0.2) is 13.1 Å². The first-order chi connectivity index (χ1) is 13.9. The number of halogens is 3. The molecule has 0 atom stereocenters. The standard InChI is InChI=1S/C20H23F3N2O4S/c1-4-11-29-18-10-7-15(20(21,22)23)12-17(18)24-19(26)14-5-8-16(9-6-14)30(27,28)25-13(2)3/h5-10,12-13,25H,4,11H2,1-3H3,(H,24,26). The Bertz CT molecular complexity index is 988. The number of benzene rings is 2. The first-order valence-corrected chi connectivity index (χ1v) is 10.7. The molecule has 0 fully saturated rings. The fourth-order valence-electron chi connectivity index (χ4n) is 2.50. The molecule has 0 aromatic heterocycles. The third-order valence-corrected chi connectivity index (χ3v) is 5.51. The summed E-state index contributed by atoms with van der Waals surface area (Å²) in [5.74, 6) is -0.588. The first-order valence-electron chi connectivity index (χ1n) is 9.22. The van der Waals surface area contributed by atoms with Gasteiger partial charge in [-0.2, -0.15) is 13.2 Å². The highest BCUT2D eigenvalue weighted by Crippen LogP contribution is 2.35. The smallest absolute Gasteiger partial charge is 0.416 e. The zero-order valence-corrected chi connectivity index (χ0v) is 17.5. The summed E-state index contributed by atoms with van der Waals surface area (Å²) in [5, 5.41) is 2.41. The zero-order valence-electron chi connectivity index (χ0n) is 16.7. The molecule has 2 aromatic rings. The molecular formula is C20H23F3N2O4S. The quantitative estimate of drug-likeness (QED) is 0.631. The highest BCUT2D eigenvalue weighted by Gasteiger charge is 2.31. The molecule has 0 aliphatic heterocycles. The van der Waals surface area contributed by atoms with Crippen LogP contribution in [0.5, 0.6) is 5.75 Å². The van der Waals surface area contributed by atoms with Crippen molar-refractivity contribution in [2.75, 3.05) is 11.9 Å². The lowest BCUT2D eigenvalue weighted by Crippen LogP contribution is -2.30. The fourth-order valence-corrected chi connectivity index (χ4v) is 3.75. The van der Waals surface area contributed by atoms with Crippen LogP contribution in [-0.4, -0.2) is 27.0 Å². The normalized spacial score (nSPS) is 12.1. The number of anilines is 1. The monoisotopic (exact) mass is 444 g/mol. The van der Waals surface area contributed by atoms with Gasteiger partial charge >= 0.3 is 6.18 Å². The van der Waals surface area contributed by atoms with E-state index in [1.54, 1.807) is 13.8 Å². The molecule has 0 saturated heterocycles.